The van der Waals surface area contributed by atoms with E-state index in [1.165, 1.54) is 0 Å². The van der Waals surface area contributed by atoms with E-state index < -0.39 is 17.5 Å². The highest BCUT2D eigenvalue weighted by Crippen LogP contribution is 2.23. The highest BCUT2D eigenvalue weighted by atomic mass is 16.5. The van der Waals surface area contributed by atoms with Gasteiger partial charge in [0, 0.05) is 0 Å². The quantitative estimate of drug-likeness (QED) is 0.270. The fourth-order valence-electron chi connectivity index (χ4n) is 0.964. The second-order valence-electron chi connectivity index (χ2n) is 2.68. The zero-order chi connectivity index (χ0) is 11.6. The average molecular weight is 217 g/mol. The number of nitrogens with two attached hydrogens (primary N) is 2. The fourth-order valence-corrected chi connectivity index (χ4v) is 0.964. The summed E-state index contributed by atoms with van der Waals surface area (Å²) >= 11 is 0. The Morgan fingerprint density at radius 1 is 1.27 bits per heavy atom. The van der Waals surface area contributed by atoms with Crippen LogP contribution in [0.3, 0.4) is 0 Å². The van der Waals surface area contributed by atoms with Gasteiger partial charge in [0.15, 0.2) is 0 Å². The van der Waals surface area contributed by atoms with E-state index in [0.29, 0.717) is 0 Å². The minimum atomic E-state index is -0.717. The van der Waals surface area contributed by atoms with E-state index in [0.717, 1.165) is 0 Å². The molecule has 0 aliphatic heterocycles. The molecule has 9 heteroatoms. The van der Waals surface area contributed by atoms with Crippen molar-refractivity contribution in [3.8, 4) is 5.75 Å². The maximum Gasteiger partial charge on any atom is 0.451 e. The Bertz CT molecular complexity index is 353. The summed E-state index contributed by atoms with van der Waals surface area (Å²) in [4.78, 5) is 0. The number of hydrogen-bond donors (Lipinski definition) is 5. The monoisotopic (exact) mass is 217 g/mol. The van der Waals surface area contributed by atoms with E-state index in [4.69, 9.17) is 16.6 Å². The number of nitrogen functional groups attached to an aromatic ring is 2. The van der Waals surface area contributed by atoms with Crippen molar-refractivity contribution in [2.75, 3.05) is 29.9 Å². The normalized spacial score (nSPS) is 10.2. The fraction of sp³-hybridized carbons (Fsp3) is 0.333. The summed E-state index contributed by atoms with van der Waals surface area (Å²) in [5, 5.41) is 42.6. The molecule has 0 aliphatic rings. The van der Waals surface area contributed by atoms with Crippen LogP contribution in [0.4, 0.5) is 17.6 Å². The number of aliphatic hydroxyl groups is 1. The number of rotatable bonds is 3. The second-order valence-corrected chi connectivity index (χ2v) is 2.68. The molecule has 0 bridgehead atoms. The average Bonchev–Trinajstić information content (AvgIpc) is 2.24. The van der Waals surface area contributed by atoms with E-state index in [9.17, 15) is 15.5 Å². The van der Waals surface area contributed by atoms with E-state index in [-0.39, 0.29) is 28.4 Å². The van der Waals surface area contributed by atoms with Crippen LogP contribution in [0.5, 0.6) is 5.75 Å². The van der Waals surface area contributed by atoms with Crippen molar-refractivity contribution in [1.29, 1.82) is 0 Å². The zero-order valence-corrected chi connectivity index (χ0v) is 7.67. The predicted octanol–water partition coefficient (Wildman–Crippen LogP) is -2.77. The first-order valence-corrected chi connectivity index (χ1v) is 3.98. The Hall–Kier alpha value is -2.16. The van der Waals surface area contributed by atoms with Crippen LogP contribution in [0.15, 0.2) is 0 Å². The summed E-state index contributed by atoms with van der Waals surface area (Å²) in [5.41, 5.74) is 10.3. The molecule has 1 heterocycles. The second kappa shape index (κ2) is 3.92. The first-order valence-electron chi connectivity index (χ1n) is 3.98. The maximum absolute atomic E-state index is 11.3. The number of aromatic nitrogens is 2. The Morgan fingerprint density at radius 2 is 1.87 bits per heavy atom. The van der Waals surface area contributed by atoms with Gasteiger partial charge < -0.3 is 26.4 Å². The van der Waals surface area contributed by atoms with Crippen LogP contribution in [0, 0.1) is 10.4 Å². The van der Waals surface area contributed by atoms with E-state index in [1.807, 2.05) is 0 Å². The lowest BCUT2D eigenvalue weighted by molar-refractivity contribution is -0.703. The van der Waals surface area contributed by atoms with Gasteiger partial charge in [-0.05, 0) is 0 Å². The molecular formula is C6H11N5O4. The van der Waals surface area contributed by atoms with Crippen LogP contribution in [0.1, 0.15) is 0 Å². The van der Waals surface area contributed by atoms with E-state index >= 15 is 0 Å². The molecule has 1 rings (SSSR count). The molecule has 1 aromatic rings. The molecule has 0 aromatic carbocycles. The molecule has 0 atom stereocenters. The largest absolute Gasteiger partial charge is 0.706 e. The first kappa shape index (κ1) is 10.9. The SMILES string of the molecule is Nc1c(O)c(NCCO)[n+]([O-])c(N)[n+]1[O-]. The van der Waals surface area contributed by atoms with Gasteiger partial charge in [0.1, 0.15) is 6.54 Å². The van der Waals surface area contributed by atoms with Crippen LogP contribution in [0.2, 0.25) is 0 Å². The molecule has 0 saturated heterocycles. The third kappa shape index (κ3) is 1.72. The molecule has 0 amide bonds. The molecule has 0 unspecified atom stereocenters. The lowest BCUT2D eigenvalue weighted by Crippen LogP contribution is -2.49. The van der Waals surface area contributed by atoms with Crippen molar-refractivity contribution in [2.24, 2.45) is 0 Å². The van der Waals surface area contributed by atoms with Crippen LogP contribution in [-0.2, 0) is 0 Å². The van der Waals surface area contributed by atoms with Crippen molar-refractivity contribution >= 4 is 17.6 Å². The first-order chi connectivity index (χ1) is 7.00. The summed E-state index contributed by atoms with van der Waals surface area (Å²) < 4.78 is -0.0964. The highest BCUT2D eigenvalue weighted by Gasteiger charge is 2.23. The molecule has 0 saturated carbocycles. The van der Waals surface area contributed by atoms with Crippen molar-refractivity contribution in [1.82, 2.24) is 0 Å². The number of anilines is 3. The smallest absolute Gasteiger partial charge is 0.451 e. The third-order valence-corrected chi connectivity index (χ3v) is 1.71. The topological polar surface area (TPSA) is 158 Å². The molecule has 9 nitrogen and oxygen atoms in total. The lowest BCUT2D eigenvalue weighted by Gasteiger charge is -2.15. The van der Waals surface area contributed by atoms with Crippen LogP contribution in [-0.4, -0.2) is 23.4 Å². The summed E-state index contributed by atoms with van der Waals surface area (Å²) in [6.07, 6.45) is 0. The minimum Gasteiger partial charge on any atom is -0.706 e. The van der Waals surface area contributed by atoms with Gasteiger partial charge >= 0.3 is 11.8 Å². The van der Waals surface area contributed by atoms with E-state index in [1.54, 1.807) is 0 Å². The summed E-state index contributed by atoms with van der Waals surface area (Å²) in [6.45, 7) is -0.247. The predicted molar refractivity (Wildman–Crippen MR) is 50.4 cm³/mol. The lowest BCUT2D eigenvalue weighted by atomic mass is 10.4. The number of nitrogens with one attached hydrogen (secondary N) is 1. The molecular weight excluding hydrogens is 206 g/mol. The number of aromatic hydroxyl groups is 1. The molecule has 15 heavy (non-hydrogen) atoms. The number of nitrogens with zero attached hydrogens (tertiary/aromatic N) is 2. The Morgan fingerprint density at radius 3 is 2.40 bits per heavy atom. The van der Waals surface area contributed by atoms with Gasteiger partial charge in [-0.2, -0.15) is 9.46 Å². The van der Waals surface area contributed by atoms with E-state index in [2.05, 4.69) is 5.32 Å². The zero-order valence-electron chi connectivity index (χ0n) is 7.67. The third-order valence-electron chi connectivity index (χ3n) is 1.71. The van der Waals surface area contributed by atoms with Gasteiger partial charge in [0.05, 0.1) is 6.61 Å². The Kier molecular flexibility index (Phi) is 2.85. The van der Waals surface area contributed by atoms with Crippen molar-refractivity contribution in [3.05, 3.63) is 10.4 Å². The van der Waals surface area contributed by atoms with Gasteiger partial charge in [-0.25, -0.2) is 5.73 Å². The van der Waals surface area contributed by atoms with Crippen LogP contribution in [0.25, 0.3) is 0 Å². The summed E-state index contributed by atoms with van der Waals surface area (Å²) in [7, 11) is 0. The molecule has 0 spiro atoms. The molecule has 84 valence electrons. The molecule has 0 fully saturated rings. The van der Waals surface area contributed by atoms with Gasteiger partial charge in [0.25, 0.3) is 5.75 Å². The molecule has 7 N–H and O–H groups in total. The van der Waals surface area contributed by atoms with Crippen LogP contribution < -0.4 is 26.2 Å². The van der Waals surface area contributed by atoms with Gasteiger partial charge in [-0.1, -0.05) is 0 Å². The Balaban J connectivity index is 3.26. The molecule has 0 aliphatic carbocycles. The Labute approximate surface area is 84.3 Å². The number of hydrogen-bond acceptors (Lipinski definition) is 7. The van der Waals surface area contributed by atoms with Crippen molar-refractivity contribution in [3.63, 3.8) is 0 Å². The van der Waals surface area contributed by atoms with Crippen molar-refractivity contribution in [2.45, 2.75) is 0 Å². The summed E-state index contributed by atoms with van der Waals surface area (Å²) in [6, 6.07) is 0. The van der Waals surface area contributed by atoms with Crippen molar-refractivity contribution < 1.29 is 19.7 Å². The summed E-state index contributed by atoms with van der Waals surface area (Å²) in [5.74, 6) is -2.38. The minimum absolute atomic E-state index is 0.00560. The van der Waals surface area contributed by atoms with Gasteiger partial charge in [-0.3, -0.25) is 5.32 Å². The molecule has 1 aromatic heterocycles. The number of aliphatic hydroxyl groups excluding tert-OH is 1. The highest BCUT2D eigenvalue weighted by molar-refractivity contribution is 5.56. The van der Waals surface area contributed by atoms with Crippen LogP contribution >= 0.6 is 0 Å². The molecule has 0 radical (unpaired) electrons. The maximum atomic E-state index is 11.3. The van der Waals surface area contributed by atoms with Gasteiger partial charge in [0.2, 0.25) is 5.82 Å². The van der Waals surface area contributed by atoms with Gasteiger partial charge in [-0.15, -0.1) is 0 Å². The standard InChI is InChI=1S/C6H11N5O4/c7-4-3(13)5(9-1-2-12)11(15)6(8)10(4)14/h9,12-13H,1-2,7-8H2.